The highest BCUT2D eigenvalue weighted by molar-refractivity contribution is 6.43. The van der Waals surface area contributed by atoms with Crippen LogP contribution in [0.15, 0.2) is 12.1 Å². The minimum atomic E-state index is -0.0199. The highest BCUT2D eigenvalue weighted by Gasteiger charge is 2.27. The van der Waals surface area contributed by atoms with Gasteiger partial charge >= 0.3 is 0 Å². The maximum absolute atomic E-state index is 6.03. The first-order valence-corrected chi connectivity index (χ1v) is 5.23. The Morgan fingerprint density at radius 1 is 1.43 bits per heavy atom. The van der Waals surface area contributed by atoms with Crippen LogP contribution in [0.3, 0.4) is 0 Å². The molecule has 1 aliphatic heterocycles. The highest BCUT2D eigenvalue weighted by Crippen LogP contribution is 2.42. The molecule has 2 unspecified atom stereocenters. The van der Waals surface area contributed by atoms with Gasteiger partial charge in [-0.1, -0.05) is 36.2 Å². The van der Waals surface area contributed by atoms with Crippen LogP contribution in [0.1, 0.15) is 18.5 Å². The van der Waals surface area contributed by atoms with Gasteiger partial charge in [0.25, 0.3) is 0 Å². The molecule has 2 atom stereocenters. The quantitative estimate of drug-likeness (QED) is 0.746. The van der Waals surface area contributed by atoms with Crippen molar-refractivity contribution in [2.24, 2.45) is 11.7 Å². The zero-order chi connectivity index (χ0) is 10.3. The van der Waals surface area contributed by atoms with Crippen molar-refractivity contribution in [3.05, 3.63) is 27.7 Å². The first-order chi connectivity index (χ1) is 6.61. The molecular formula is C10H11Cl2NO. The van der Waals surface area contributed by atoms with Crippen LogP contribution >= 0.6 is 23.2 Å². The third kappa shape index (κ3) is 1.48. The van der Waals surface area contributed by atoms with Gasteiger partial charge in [-0.15, -0.1) is 0 Å². The van der Waals surface area contributed by atoms with Crippen LogP contribution in [-0.2, 0) is 0 Å². The second-order valence-corrected chi connectivity index (χ2v) is 4.38. The lowest BCUT2D eigenvalue weighted by Gasteiger charge is -2.29. The number of halogens is 2. The van der Waals surface area contributed by atoms with E-state index in [-0.39, 0.29) is 6.04 Å². The molecule has 0 radical (unpaired) electrons. The Morgan fingerprint density at radius 3 is 2.86 bits per heavy atom. The van der Waals surface area contributed by atoms with Crippen molar-refractivity contribution in [2.75, 3.05) is 6.61 Å². The summed E-state index contributed by atoms with van der Waals surface area (Å²) >= 11 is 11.9. The van der Waals surface area contributed by atoms with Crippen LogP contribution in [0.25, 0.3) is 0 Å². The van der Waals surface area contributed by atoms with Gasteiger partial charge in [-0.05, 0) is 6.07 Å². The van der Waals surface area contributed by atoms with Gasteiger partial charge in [-0.25, -0.2) is 0 Å². The summed E-state index contributed by atoms with van der Waals surface area (Å²) in [7, 11) is 0. The number of hydrogen-bond donors (Lipinski definition) is 1. The first-order valence-electron chi connectivity index (χ1n) is 4.47. The van der Waals surface area contributed by atoms with Crippen molar-refractivity contribution in [3.8, 4) is 5.75 Å². The Kier molecular flexibility index (Phi) is 2.60. The van der Waals surface area contributed by atoms with Crippen molar-refractivity contribution in [2.45, 2.75) is 13.0 Å². The fraction of sp³-hybridized carbons (Fsp3) is 0.400. The standard InChI is InChI=1S/C10H11Cl2NO/c1-5-4-14-10-6(9(5)13)2-3-7(11)8(10)12/h2-3,5,9H,4,13H2,1H3. The maximum atomic E-state index is 6.03. The van der Waals surface area contributed by atoms with Crippen molar-refractivity contribution >= 4 is 23.2 Å². The number of rotatable bonds is 0. The van der Waals surface area contributed by atoms with E-state index in [0.717, 1.165) is 5.56 Å². The molecule has 0 spiro atoms. The van der Waals surface area contributed by atoms with Gasteiger partial charge in [0, 0.05) is 17.5 Å². The van der Waals surface area contributed by atoms with Crippen molar-refractivity contribution < 1.29 is 4.74 Å². The second-order valence-electron chi connectivity index (χ2n) is 3.59. The molecule has 0 aromatic heterocycles. The van der Waals surface area contributed by atoms with Crippen LogP contribution in [-0.4, -0.2) is 6.61 Å². The zero-order valence-corrected chi connectivity index (χ0v) is 9.27. The Morgan fingerprint density at radius 2 is 2.14 bits per heavy atom. The molecule has 0 aliphatic carbocycles. The molecule has 0 amide bonds. The van der Waals surface area contributed by atoms with Crippen LogP contribution in [0.4, 0.5) is 0 Å². The van der Waals surface area contributed by atoms with E-state index in [9.17, 15) is 0 Å². The number of ether oxygens (including phenoxy) is 1. The molecule has 4 heteroatoms. The number of nitrogens with two attached hydrogens (primary N) is 1. The number of fused-ring (bicyclic) bond motifs is 1. The summed E-state index contributed by atoms with van der Waals surface area (Å²) in [4.78, 5) is 0. The number of hydrogen-bond acceptors (Lipinski definition) is 2. The summed E-state index contributed by atoms with van der Waals surface area (Å²) < 4.78 is 5.52. The average molecular weight is 232 g/mol. The molecule has 1 aromatic carbocycles. The van der Waals surface area contributed by atoms with Gasteiger partial charge in [0.05, 0.1) is 11.6 Å². The third-order valence-electron chi connectivity index (χ3n) is 2.54. The lowest BCUT2D eigenvalue weighted by molar-refractivity contribution is 0.207. The molecule has 0 saturated heterocycles. The summed E-state index contributed by atoms with van der Waals surface area (Å²) in [5.41, 5.74) is 6.97. The third-order valence-corrected chi connectivity index (χ3v) is 3.33. The predicted octanol–water partition coefficient (Wildman–Crippen LogP) is 3.02. The van der Waals surface area contributed by atoms with Crippen LogP contribution in [0.2, 0.25) is 10.0 Å². The van der Waals surface area contributed by atoms with Gasteiger partial charge < -0.3 is 10.5 Å². The molecule has 1 aromatic rings. The first kappa shape index (κ1) is 10.1. The van der Waals surface area contributed by atoms with Gasteiger partial charge in [-0.2, -0.15) is 0 Å². The Balaban J connectivity index is 2.53. The topological polar surface area (TPSA) is 35.2 Å². The van der Waals surface area contributed by atoms with Crippen LogP contribution < -0.4 is 10.5 Å². The van der Waals surface area contributed by atoms with Crippen LogP contribution in [0.5, 0.6) is 5.75 Å². The van der Waals surface area contributed by atoms with Crippen molar-refractivity contribution in [1.29, 1.82) is 0 Å². The molecule has 14 heavy (non-hydrogen) atoms. The minimum Gasteiger partial charge on any atom is -0.491 e. The second kappa shape index (κ2) is 3.61. The smallest absolute Gasteiger partial charge is 0.144 e. The average Bonchev–Trinajstić information content (AvgIpc) is 2.17. The lowest BCUT2D eigenvalue weighted by atomic mass is 9.93. The highest BCUT2D eigenvalue weighted by atomic mass is 35.5. The molecule has 0 bridgehead atoms. The maximum Gasteiger partial charge on any atom is 0.144 e. The van der Waals surface area contributed by atoms with E-state index >= 15 is 0 Å². The molecule has 76 valence electrons. The Labute approximate surface area is 92.9 Å². The van der Waals surface area contributed by atoms with Gasteiger partial charge in [-0.3, -0.25) is 0 Å². The van der Waals surface area contributed by atoms with Gasteiger partial charge in [0.2, 0.25) is 0 Å². The summed E-state index contributed by atoms with van der Waals surface area (Å²) in [6, 6.07) is 3.61. The molecular weight excluding hydrogens is 221 g/mol. The SMILES string of the molecule is CC1COc2c(ccc(Cl)c2Cl)C1N. The molecule has 1 heterocycles. The molecule has 1 aliphatic rings. The van der Waals surface area contributed by atoms with E-state index in [0.29, 0.717) is 28.3 Å². The lowest BCUT2D eigenvalue weighted by Crippen LogP contribution is -2.29. The summed E-state index contributed by atoms with van der Waals surface area (Å²) in [5, 5.41) is 0.971. The predicted molar refractivity (Wildman–Crippen MR) is 58.0 cm³/mol. The van der Waals surface area contributed by atoms with E-state index in [2.05, 4.69) is 6.92 Å². The molecule has 2 nitrogen and oxygen atoms in total. The molecule has 0 fully saturated rings. The van der Waals surface area contributed by atoms with E-state index < -0.39 is 0 Å². The fourth-order valence-electron chi connectivity index (χ4n) is 1.58. The summed E-state index contributed by atoms with van der Waals surface area (Å²) in [5.74, 6) is 0.949. The van der Waals surface area contributed by atoms with Crippen molar-refractivity contribution in [1.82, 2.24) is 0 Å². The van der Waals surface area contributed by atoms with Gasteiger partial charge in [0.1, 0.15) is 10.8 Å². The van der Waals surface area contributed by atoms with E-state index in [1.54, 1.807) is 6.07 Å². The fourth-order valence-corrected chi connectivity index (χ4v) is 1.96. The van der Waals surface area contributed by atoms with Crippen LogP contribution in [0, 0.1) is 5.92 Å². The van der Waals surface area contributed by atoms with Crippen molar-refractivity contribution in [3.63, 3.8) is 0 Å². The largest absolute Gasteiger partial charge is 0.491 e. The van der Waals surface area contributed by atoms with E-state index in [1.807, 2.05) is 6.07 Å². The van der Waals surface area contributed by atoms with E-state index in [4.69, 9.17) is 33.7 Å². The zero-order valence-electron chi connectivity index (χ0n) is 7.76. The minimum absolute atomic E-state index is 0.0199. The molecule has 0 saturated carbocycles. The Hall–Kier alpha value is -0.440. The normalized spacial score (nSPS) is 25.4. The molecule has 2 rings (SSSR count). The van der Waals surface area contributed by atoms with Gasteiger partial charge in [0.15, 0.2) is 0 Å². The monoisotopic (exact) mass is 231 g/mol. The summed E-state index contributed by atoms with van der Waals surface area (Å²) in [6.45, 7) is 2.64. The number of benzene rings is 1. The van der Waals surface area contributed by atoms with E-state index in [1.165, 1.54) is 0 Å². The summed E-state index contributed by atoms with van der Waals surface area (Å²) in [6.07, 6.45) is 0. The Bertz CT molecular complexity index is 367. The molecule has 2 N–H and O–H groups in total.